The Balaban J connectivity index is 1.79. The lowest BCUT2D eigenvalue weighted by molar-refractivity contribution is 0.000129. The molecule has 2 aliphatic carbocycles. The highest BCUT2D eigenvalue weighted by atomic mass is 16.6. The first-order chi connectivity index (χ1) is 11.3. The molecule has 3 aromatic rings. The van der Waals surface area contributed by atoms with Crippen LogP contribution in [0.15, 0.2) is 48.5 Å². The summed E-state index contributed by atoms with van der Waals surface area (Å²) in [7, 11) is 0. The summed E-state index contributed by atoms with van der Waals surface area (Å²) in [6.07, 6.45) is -2.07. The Labute approximate surface area is 132 Å². The number of rotatable bonds is 0. The van der Waals surface area contributed by atoms with Crippen molar-refractivity contribution in [1.29, 1.82) is 0 Å². The highest BCUT2D eigenvalue weighted by Crippen LogP contribution is 2.57. The van der Waals surface area contributed by atoms with E-state index in [1.165, 1.54) is 22.1 Å². The average molecular weight is 302 g/mol. The van der Waals surface area contributed by atoms with Crippen molar-refractivity contribution in [1.82, 2.24) is 0 Å². The van der Waals surface area contributed by atoms with Crippen LogP contribution in [0, 0.1) is 0 Å². The van der Waals surface area contributed by atoms with Crippen molar-refractivity contribution in [2.24, 2.45) is 0 Å². The number of aliphatic hydroxyl groups is 2. The Morgan fingerprint density at radius 2 is 1.57 bits per heavy atom. The van der Waals surface area contributed by atoms with Gasteiger partial charge >= 0.3 is 0 Å². The molecule has 6 rings (SSSR count). The molecule has 0 radical (unpaired) electrons. The predicted octanol–water partition coefficient (Wildman–Crippen LogP) is 3.34. The van der Waals surface area contributed by atoms with Gasteiger partial charge in [0.05, 0.1) is 0 Å². The second-order valence-corrected chi connectivity index (χ2v) is 6.66. The maximum Gasteiger partial charge on any atom is 0.118 e. The number of ether oxygens (including phenoxy) is 1. The summed E-state index contributed by atoms with van der Waals surface area (Å²) in [5, 5.41) is 23.1. The maximum absolute atomic E-state index is 10.5. The van der Waals surface area contributed by atoms with Gasteiger partial charge in [-0.15, -0.1) is 0 Å². The van der Waals surface area contributed by atoms with Crippen LogP contribution in [0.25, 0.3) is 33.0 Å². The van der Waals surface area contributed by atoms with Crippen molar-refractivity contribution in [2.45, 2.75) is 24.4 Å². The zero-order chi connectivity index (χ0) is 15.3. The largest absolute Gasteiger partial charge is 0.387 e. The zero-order valence-electron chi connectivity index (χ0n) is 12.2. The van der Waals surface area contributed by atoms with E-state index in [4.69, 9.17) is 4.74 Å². The molecular formula is C20H14O3. The van der Waals surface area contributed by atoms with Gasteiger partial charge in [-0.1, -0.05) is 42.5 Å². The molecule has 1 saturated heterocycles. The topological polar surface area (TPSA) is 53.0 Å². The van der Waals surface area contributed by atoms with Gasteiger partial charge in [-0.25, -0.2) is 0 Å². The first-order valence-electron chi connectivity index (χ1n) is 7.96. The monoisotopic (exact) mass is 302 g/mol. The molecular weight excluding hydrogens is 288 g/mol. The van der Waals surface area contributed by atoms with E-state index in [0.29, 0.717) is 0 Å². The van der Waals surface area contributed by atoms with Gasteiger partial charge in [0.15, 0.2) is 0 Å². The Morgan fingerprint density at radius 3 is 2.39 bits per heavy atom. The van der Waals surface area contributed by atoms with E-state index < -0.39 is 12.2 Å². The highest BCUT2D eigenvalue weighted by molar-refractivity contribution is 6.16. The molecule has 23 heavy (non-hydrogen) atoms. The highest BCUT2D eigenvalue weighted by Gasteiger charge is 2.54. The third-order valence-electron chi connectivity index (χ3n) is 5.53. The summed E-state index contributed by atoms with van der Waals surface area (Å²) in [4.78, 5) is 0. The summed E-state index contributed by atoms with van der Waals surface area (Å²) in [5.74, 6) is 0. The molecule has 2 unspecified atom stereocenters. The van der Waals surface area contributed by atoms with Crippen molar-refractivity contribution in [3.63, 3.8) is 0 Å². The minimum Gasteiger partial charge on any atom is -0.387 e. The van der Waals surface area contributed by atoms with E-state index >= 15 is 0 Å². The summed E-state index contributed by atoms with van der Waals surface area (Å²) >= 11 is 0. The molecule has 3 aromatic carbocycles. The molecule has 0 bridgehead atoms. The maximum atomic E-state index is 10.5. The lowest BCUT2D eigenvalue weighted by Crippen LogP contribution is -2.29. The molecule has 1 fully saturated rings. The van der Waals surface area contributed by atoms with Crippen molar-refractivity contribution < 1.29 is 14.9 Å². The van der Waals surface area contributed by atoms with E-state index in [2.05, 4.69) is 42.5 Å². The van der Waals surface area contributed by atoms with Crippen LogP contribution in [0.4, 0.5) is 0 Å². The number of epoxide rings is 1. The molecule has 4 atom stereocenters. The van der Waals surface area contributed by atoms with E-state index in [0.717, 1.165) is 22.1 Å². The van der Waals surface area contributed by atoms with E-state index in [-0.39, 0.29) is 12.2 Å². The van der Waals surface area contributed by atoms with Gasteiger partial charge in [0.2, 0.25) is 0 Å². The van der Waals surface area contributed by atoms with Crippen molar-refractivity contribution in [3.8, 4) is 22.3 Å². The minimum atomic E-state index is -0.884. The number of hydrogen-bond donors (Lipinski definition) is 2. The Morgan fingerprint density at radius 1 is 0.826 bits per heavy atom. The molecule has 0 saturated carbocycles. The van der Waals surface area contributed by atoms with E-state index in [9.17, 15) is 10.2 Å². The Bertz CT molecular complexity index is 1010. The third-order valence-corrected chi connectivity index (χ3v) is 5.53. The van der Waals surface area contributed by atoms with Crippen LogP contribution in [0.2, 0.25) is 0 Å². The van der Waals surface area contributed by atoms with Crippen LogP contribution < -0.4 is 0 Å². The molecule has 2 N–H and O–H groups in total. The molecule has 3 heteroatoms. The number of aliphatic hydroxyl groups excluding tert-OH is 2. The van der Waals surface area contributed by atoms with Crippen LogP contribution in [0.1, 0.15) is 23.3 Å². The van der Waals surface area contributed by atoms with Gasteiger partial charge in [0.1, 0.15) is 24.4 Å². The normalized spacial score (nSPS) is 29.1. The number of benzene rings is 3. The van der Waals surface area contributed by atoms with Gasteiger partial charge in [-0.05, 0) is 50.2 Å². The van der Waals surface area contributed by atoms with Crippen LogP contribution in [-0.2, 0) is 4.74 Å². The molecule has 3 aliphatic rings. The third kappa shape index (κ3) is 1.33. The van der Waals surface area contributed by atoms with Crippen molar-refractivity contribution in [2.75, 3.05) is 0 Å². The quantitative estimate of drug-likeness (QED) is 0.490. The number of fused-ring (bicyclic) bond motifs is 7. The first-order valence-corrected chi connectivity index (χ1v) is 7.96. The van der Waals surface area contributed by atoms with Crippen LogP contribution in [0.3, 0.4) is 0 Å². The Hall–Kier alpha value is -2.20. The molecule has 0 spiro atoms. The molecule has 3 nitrogen and oxygen atoms in total. The molecule has 0 amide bonds. The lowest BCUT2D eigenvalue weighted by atomic mass is 9.82. The summed E-state index contributed by atoms with van der Waals surface area (Å²) in [5.41, 5.74) is 6.69. The first kappa shape index (κ1) is 12.3. The van der Waals surface area contributed by atoms with Gasteiger partial charge in [0, 0.05) is 0 Å². The minimum absolute atomic E-state index is 0.0867. The standard InChI is InChI=1S/C20H14O3/c21-17-14-8-13-10-5-2-1-4-9(10)11-6-3-7-12(15(11)13)16(14)19-20(23-19)18(17)22/h1-8,17-22H/t17-,18+,19?,20?/m1/s1. The van der Waals surface area contributed by atoms with E-state index in [1.54, 1.807) is 0 Å². The second-order valence-electron chi connectivity index (χ2n) is 6.66. The fourth-order valence-electron chi connectivity index (χ4n) is 4.46. The van der Waals surface area contributed by atoms with Crippen LogP contribution in [0.5, 0.6) is 0 Å². The van der Waals surface area contributed by atoms with E-state index in [1.807, 2.05) is 6.07 Å². The zero-order valence-corrected chi connectivity index (χ0v) is 12.2. The number of hydrogen-bond acceptors (Lipinski definition) is 3. The van der Waals surface area contributed by atoms with Gasteiger partial charge in [0.25, 0.3) is 0 Å². The second kappa shape index (κ2) is 3.82. The van der Waals surface area contributed by atoms with Gasteiger partial charge in [-0.2, -0.15) is 0 Å². The van der Waals surface area contributed by atoms with Crippen molar-refractivity contribution >= 4 is 10.8 Å². The van der Waals surface area contributed by atoms with Gasteiger partial charge in [-0.3, -0.25) is 0 Å². The molecule has 1 heterocycles. The molecule has 1 aliphatic heterocycles. The fraction of sp³-hybridized carbons (Fsp3) is 0.200. The molecule has 0 aromatic heterocycles. The summed E-state index contributed by atoms with van der Waals surface area (Å²) in [6, 6.07) is 16.8. The SMILES string of the molecule is O[C@@H]1c2cc3c4c(cccc4c2C2OC2[C@H]1O)-c1ccccc1-3. The van der Waals surface area contributed by atoms with Crippen LogP contribution >= 0.6 is 0 Å². The lowest BCUT2D eigenvalue weighted by Gasteiger charge is -2.25. The summed E-state index contributed by atoms with van der Waals surface area (Å²) < 4.78 is 5.66. The molecule has 112 valence electrons. The Kier molecular flexibility index (Phi) is 2.03. The predicted molar refractivity (Wildman–Crippen MR) is 87.0 cm³/mol. The van der Waals surface area contributed by atoms with Crippen molar-refractivity contribution in [3.05, 3.63) is 59.7 Å². The average Bonchev–Trinajstić information content (AvgIpc) is 3.32. The van der Waals surface area contributed by atoms with Gasteiger partial charge < -0.3 is 14.9 Å². The van der Waals surface area contributed by atoms with Crippen LogP contribution in [-0.4, -0.2) is 22.4 Å². The fourth-order valence-corrected chi connectivity index (χ4v) is 4.46. The smallest absolute Gasteiger partial charge is 0.118 e. The summed E-state index contributed by atoms with van der Waals surface area (Å²) in [6.45, 7) is 0.